The van der Waals surface area contributed by atoms with Crippen LogP contribution in [0.15, 0.2) is 84.9 Å². The number of benzene rings is 4. The number of ether oxygens (including phenoxy) is 2. The van der Waals surface area contributed by atoms with Crippen LogP contribution in [0.5, 0.6) is 34.5 Å². The summed E-state index contributed by atoms with van der Waals surface area (Å²) in [5.74, 6) is -0.909. The lowest BCUT2D eigenvalue weighted by Crippen LogP contribution is -2.14. The third-order valence-electron chi connectivity index (χ3n) is 5.18. The smallest absolute Gasteiger partial charge is 0.311 e. The molecule has 0 heterocycles. The molecule has 36 heavy (non-hydrogen) atoms. The molecule has 0 amide bonds. The second-order valence-corrected chi connectivity index (χ2v) is 7.97. The molecule has 0 unspecified atom stereocenters. The molecule has 182 valence electrons. The molecule has 0 saturated heterocycles. The maximum atomic E-state index is 12.1. The second kappa shape index (κ2) is 10.5. The molecule has 0 aliphatic carbocycles. The summed E-state index contributed by atoms with van der Waals surface area (Å²) in [6, 6.07) is 21.4. The average Bonchev–Trinajstić information content (AvgIpc) is 2.82. The summed E-state index contributed by atoms with van der Waals surface area (Å²) in [7, 11) is 0. The highest BCUT2D eigenvalue weighted by molar-refractivity contribution is 5.80. The van der Waals surface area contributed by atoms with E-state index in [0.29, 0.717) is 22.3 Å². The van der Waals surface area contributed by atoms with E-state index in [1.165, 1.54) is 36.4 Å². The number of carbonyl (C=O) groups is 2. The van der Waals surface area contributed by atoms with E-state index in [-0.39, 0.29) is 47.3 Å². The Balaban J connectivity index is 1.27. The van der Waals surface area contributed by atoms with Gasteiger partial charge < -0.3 is 29.9 Å². The molecule has 0 aromatic heterocycles. The lowest BCUT2D eigenvalue weighted by molar-refractivity contribution is -0.140. The second-order valence-electron chi connectivity index (χ2n) is 7.97. The Labute approximate surface area is 206 Å². The highest BCUT2D eigenvalue weighted by Gasteiger charge is 2.12. The first-order valence-corrected chi connectivity index (χ1v) is 10.9. The van der Waals surface area contributed by atoms with Gasteiger partial charge in [-0.05, 0) is 70.8 Å². The number of hydrogen-bond donors (Lipinski definition) is 4. The first kappa shape index (κ1) is 24.2. The van der Waals surface area contributed by atoms with E-state index in [2.05, 4.69) is 0 Å². The summed E-state index contributed by atoms with van der Waals surface area (Å²) in [6.07, 6.45) is -0.358. The standard InChI is InChI=1S/C28H22O8/c29-21-11-19(12-22(30)15-21)17-1-5-25(6-2-17)35-27(33)9-10-28(34)36-26-7-3-18(4-8-26)20-13-23(31)16-24(32)14-20/h1-8,11-16,29-32H,9-10H2. The zero-order valence-corrected chi connectivity index (χ0v) is 18.9. The first-order chi connectivity index (χ1) is 17.2. The molecule has 4 aromatic rings. The molecule has 0 fully saturated rings. The van der Waals surface area contributed by atoms with Gasteiger partial charge in [0, 0.05) is 12.1 Å². The maximum Gasteiger partial charge on any atom is 0.311 e. The van der Waals surface area contributed by atoms with Gasteiger partial charge in [-0.2, -0.15) is 0 Å². The predicted octanol–water partition coefficient (Wildman–Crippen LogP) is 5.13. The minimum atomic E-state index is -0.603. The van der Waals surface area contributed by atoms with E-state index >= 15 is 0 Å². The van der Waals surface area contributed by atoms with Gasteiger partial charge in [-0.1, -0.05) is 24.3 Å². The SMILES string of the molecule is O=C(CCC(=O)Oc1ccc(-c2cc(O)cc(O)c2)cc1)Oc1ccc(-c2cc(O)cc(O)c2)cc1. The van der Waals surface area contributed by atoms with Gasteiger partial charge in [0.1, 0.15) is 34.5 Å². The Morgan fingerprint density at radius 3 is 1.08 bits per heavy atom. The molecule has 8 nitrogen and oxygen atoms in total. The third kappa shape index (κ3) is 6.32. The van der Waals surface area contributed by atoms with Crippen molar-refractivity contribution in [3.63, 3.8) is 0 Å². The number of hydrogen-bond acceptors (Lipinski definition) is 8. The quantitative estimate of drug-likeness (QED) is 0.209. The predicted molar refractivity (Wildman–Crippen MR) is 131 cm³/mol. The van der Waals surface area contributed by atoms with Gasteiger partial charge in [0.15, 0.2) is 0 Å². The van der Waals surface area contributed by atoms with Crippen molar-refractivity contribution in [2.45, 2.75) is 12.8 Å². The molecule has 8 heteroatoms. The first-order valence-electron chi connectivity index (χ1n) is 10.9. The van der Waals surface area contributed by atoms with E-state index in [1.54, 1.807) is 48.5 Å². The lowest BCUT2D eigenvalue weighted by atomic mass is 10.0. The highest BCUT2D eigenvalue weighted by atomic mass is 16.5. The van der Waals surface area contributed by atoms with E-state index in [0.717, 1.165) is 0 Å². The number of aromatic hydroxyl groups is 4. The van der Waals surface area contributed by atoms with Crippen LogP contribution in [0.3, 0.4) is 0 Å². The summed E-state index contributed by atoms with van der Waals surface area (Å²) in [5, 5.41) is 38.5. The fourth-order valence-corrected chi connectivity index (χ4v) is 3.52. The van der Waals surface area contributed by atoms with Gasteiger partial charge in [0.25, 0.3) is 0 Å². The van der Waals surface area contributed by atoms with E-state index in [1.807, 2.05) is 0 Å². The van der Waals surface area contributed by atoms with Crippen LogP contribution in [-0.2, 0) is 9.59 Å². The van der Waals surface area contributed by atoms with E-state index in [4.69, 9.17) is 9.47 Å². The van der Waals surface area contributed by atoms with Gasteiger partial charge in [0.05, 0.1) is 12.8 Å². The zero-order chi connectivity index (χ0) is 25.7. The van der Waals surface area contributed by atoms with Crippen molar-refractivity contribution in [2.75, 3.05) is 0 Å². The molecular weight excluding hydrogens is 464 g/mol. The Morgan fingerprint density at radius 1 is 0.472 bits per heavy atom. The van der Waals surface area contributed by atoms with Crippen LogP contribution in [0.1, 0.15) is 12.8 Å². The topological polar surface area (TPSA) is 134 Å². The van der Waals surface area contributed by atoms with E-state index < -0.39 is 11.9 Å². The van der Waals surface area contributed by atoms with Crippen LogP contribution < -0.4 is 9.47 Å². The van der Waals surface area contributed by atoms with Crippen LogP contribution in [0.25, 0.3) is 22.3 Å². The van der Waals surface area contributed by atoms with Crippen molar-refractivity contribution in [2.24, 2.45) is 0 Å². The molecular formula is C28H22O8. The molecule has 0 saturated carbocycles. The van der Waals surface area contributed by atoms with Crippen molar-refractivity contribution in [1.82, 2.24) is 0 Å². The Kier molecular flexibility index (Phi) is 7.06. The van der Waals surface area contributed by atoms with Crippen LogP contribution in [-0.4, -0.2) is 32.4 Å². The molecule has 4 aromatic carbocycles. The monoisotopic (exact) mass is 486 g/mol. The fourth-order valence-electron chi connectivity index (χ4n) is 3.52. The van der Waals surface area contributed by atoms with Crippen LogP contribution in [0.2, 0.25) is 0 Å². The number of phenols is 4. The molecule has 0 bridgehead atoms. The van der Waals surface area contributed by atoms with Gasteiger partial charge in [-0.25, -0.2) is 0 Å². The normalized spacial score (nSPS) is 10.6. The summed E-state index contributed by atoms with van der Waals surface area (Å²) >= 11 is 0. The maximum absolute atomic E-state index is 12.1. The Morgan fingerprint density at radius 2 is 0.778 bits per heavy atom. The average molecular weight is 486 g/mol. The number of phenolic OH excluding ortho intramolecular Hbond substituents is 4. The summed E-state index contributed by atoms with van der Waals surface area (Å²) in [4.78, 5) is 24.3. The van der Waals surface area contributed by atoms with Gasteiger partial charge >= 0.3 is 11.9 Å². The molecule has 4 N–H and O–H groups in total. The zero-order valence-electron chi connectivity index (χ0n) is 18.9. The van der Waals surface area contributed by atoms with Crippen molar-refractivity contribution in [3.8, 4) is 56.8 Å². The summed E-state index contributed by atoms with van der Waals surface area (Å²) in [5.41, 5.74) is 2.61. The number of rotatable bonds is 7. The fraction of sp³-hybridized carbons (Fsp3) is 0.0714. The molecule has 0 radical (unpaired) electrons. The minimum Gasteiger partial charge on any atom is -0.508 e. The third-order valence-corrected chi connectivity index (χ3v) is 5.18. The Hall–Kier alpha value is -4.98. The molecule has 0 spiro atoms. The summed E-state index contributed by atoms with van der Waals surface area (Å²) in [6.45, 7) is 0. The molecule has 0 atom stereocenters. The van der Waals surface area contributed by atoms with Crippen molar-refractivity contribution in [3.05, 3.63) is 84.9 Å². The van der Waals surface area contributed by atoms with Crippen molar-refractivity contribution < 1.29 is 39.5 Å². The largest absolute Gasteiger partial charge is 0.508 e. The highest BCUT2D eigenvalue weighted by Crippen LogP contribution is 2.31. The van der Waals surface area contributed by atoms with Crippen LogP contribution >= 0.6 is 0 Å². The van der Waals surface area contributed by atoms with E-state index in [9.17, 15) is 30.0 Å². The molecule has 4 rings (SSSR count). The lowest BCUT2D eigenvalue weighted by Gasteiger charge is -2.08. The summed E-state index contributed by atoms with van der Waals surface area (Å²) < 4.78 is 10.5. The van der Waals surface area contributed by atoms with Gasteiger partial charge in [0.2, 0.25) is 0 Å². The molecule has 0 aliphatic rings. The molecule has 0 aliphatic heterocycles. The van der Waals surface area contributed by atoms with Gasteiger partial charge in [-0.3, -0.25) is 9.59 Å². The van der Waals surface area contributed by atoms with Crippen LogP contribution in [0, 0.1) is 0 Å². The number of carbonyl (C=O) groups excluding carboxylic acids is 2. The Bertz CT molecular complexity index is 1240. The number of esters is 2. The van der Waals surface area contributed by atoms with Gasteiger partial charge in [-0.15, -0.1) is 0 Å². The van der Waals surface area contributed by atoms with Crippen LogP contribution in [0.4, 0.5) is 0 Å². The van der Waals surface area contributed by atoms with Crippen molar-refractivity contribution in [1.29, 1.82) is 0 Å². The van der Waals surface area contributed by atoms with Crippen molar-refractivity contribution >= 4 is 11.9 Å². The minimum absolute atomic E-state index is 0.0693.